The number of esters is 1. The van der Waals surface area contributed by atoms with E-state index in [-0.39, 0.29) is 37.3 Å². The second kappa shape index (κ2) is 13.9. The molecule has 1 saturated carbocycles. The molecule has 2 aliphatic heterocycles. The maximum Gasteiger partial charge on any atom is 0.471 e. The van der Waals surface area contributed by atoms with Crippen LogP contribution < -0.4 is 4.74 Å². The monoisotopic (exact) mass is 689 g/mol. The van der Waals surface area contributed by atoms with Gasteiger partial charge < -0.3 is 19.1 Å². The summed E-state index contributed by atoms with van der Waals surface area (Å²) < 4.78 is 75.4. The standard InChI is InChI=1S/C39H51F4NO5/c1-20(2)25-13-12-21(3)17-31(25)48-36(45)35(49-38(7,8)9)33-23(5)26-14-15-44(37(46)39(41,42)43)19-29(26)24(6)32(33)28-18-30(40)34-27(22(28)4)11-10-16-47-34/h18,20-21,25,31,35H,10-17,19H2,1-9H3/t21?,25?,31?,35-/m0/s1. The minimum atomic E-state index is -5.01. The summed E-state index contributed by atoms with van der Waals surface area (Å²) in [7, 11) is 0. The van der Waals surface area contributed by atoms with Crippen LogP contribution in [0.3, 0.4) is 0 Å². The zero-order valence-electron chi connectivity index (χ0n) is 30.3. The van der Waals surface area contributed by atoms with Gasteiger partial charge in [0, 0.05) is 24.2 Å². The molecule has 0 bridgehead atoms. The van der Waals surface area contributed by atoms with E-state index in [1.165, 1.54) is 6.07 Å². The molecule has 0 N–H and O–H groups in total. The summed E-state index contributed by atoms with van der Waals surface area (Å²) in [5, 5.41) is 0. The van der Waals surface area contributed by atoms with E-state index in [0.717, 1.165) is 40.9 Å². The first-order valence-corrected chi connectivity index (χ1v) is 17.6. The summed E-state index contributed by atoms with van der Waals surface area (Å²) in [6, 6.07) is 1.40. The molecule has 4 atom stereocenters. The number of rotatable bonds is 6. The Morgan fingerprint density at radius 3 is 2.31 bits per heavy atom. The van der Waals surface area contributed by atoms with E-state index < -0.39 is 35.6 Å². The van der Waals surface area contributed by atoms with Crippen molar-refractivity contribution in [3.63, 3.8) is 0 Å². The van der Waals surface area contributed by atoms with Gasteiger partial charge >= 0.3 is 18.1 Å². The Morgan fingerprint density at radius 2 is 1.67 bits per heavy atom. The highest BCUT2D eigenvalue weighted by Crippen LogP contribution is 2.47. The van der Waals surface area contributed by atoms with Crippen LogP contribution in [0, 0.1) is 44.3 Å². The van der Waals surface area contributed by atoms with E-state index >= 15 is 4.39 Å². The number of amides is 1. The number of benzene rings is 2. The van der Waals surface area contributed by atoms with Crippen molar-refractivity contribution < 1.29 is 41.4 Å². The number of carbonyl (C=O) groups excluding carboxylic acids is 2. The molecule has 0 spiro atoms. The Morgan fingerprint density at radius 1 is 0.980 bits per heavy atom. The van der Waals surface area contributed by atoms with Gasteiger partial charge in [0.2, 0.25) is 0 Å². The topological polar surface area (TPSA) is 65.1 Å². The fraction of sp³-hybridized carbons (Fsp3) is 0.641. The third kappa shape index (κ3) is 7.49. The van der Waals surface area contributed by atoms with Gasteiger partial charge in [0.25, 0.3) is 0 Å². The number of hydrogen-bond acceptors (Lipinski definition) is 5. The van der Waals surface area contributed by atoms with Gasteiger partial charge in [-0.15, -0.1) is 0 Å². The zero-order valence-corrected chi connectivity index (χ0v) is 30.3. The summed E-state index contributed by atoms with van der Waals surface area (Å²) in [6.07, 6.45) is -2.29. The lowest BCUT2D eigenvalue weighted by atomic mass is 9.75. The lowest BCUT2D eigenvalue weighted by Crippen LogP contribution is -2.44. The van der Waals surface area contributed by atoms with Crippen molar-refractivity contribution in [1.29, 1.82) is 0 Å². The van der Waals surface area contributed by atoms with Gasteiger partial charge in [0.05, 0.1) is 12.2 Å². The molecule has 5 rings (SSSR count). The number of carbonyl (C=O) groups is 2. The summed E-state index contributed by atoms with van der Waals surface area (Å²) in [5.41, 5.74) is 4.84. The zero-order chi connectivity index (χ0) is 36.2. The SMILES string of the molecule is Cc1c(-c2c(C)c3c(c(C)c2[C@H](OC(C)(C)C)C(=O)OC2CC(C)CCC2C(C)C)CCN(C(=O)C(F)(F)F)C3)cc(F)c2c1CCCO2. The highest BCUT2D eigenvalue weighted by Gasteiger charge is 2.45. The Kier molecular flexibility index (Phi) is 10.5. The van der Waals surface area contributed by atoms with E-state index in [9.17, 15) is 22.8 Å². The maximum atomic E-state index is 15.9. The van der Waals surface area contributed by atoms with E-state index in [0.29, 0.717) is 64.7 Å². The van der Waals surface area contributed by atoms with E-state index in [2.05, 4.69) is 20.8 Å². The summed E-state index contributed by atoms with van der Waals surface area (Å²) in [5.74, 6) is -1.88. The molecule has 1 fully saturated rings. The van der Waals surface area contributed by atoms with E-state index in [1.807, 2.05) is 34.6 Å². The minimum absolute atomic E-state index is 0.125. The number of fused-ring (bicyclic) bond motifs is 2. The molecule has 0 radical (unpaired) electrons. The molecule has 6 nitrogen and oxygen atoms in total. The van der Waals surface area contributed by atoms with Crippen LogP contribution in [0.25, 0.3) is 11.1 Å². The van der Waals surface area contributed by atoms with Gasteiger partial charge in [-0.1, -0.05) is 27.2 Å². The molecule has 3 unspecified atom stereocenters. The predicted octanol–water partition coefficient (Wildman–Crippen LogP) is 9.05. The lowest BCUT2D eigenvalue weighted by molar-refractivity contribution is -0.186. The van der Waals surface area contributed by atoms with Crippen molar-refractivity contribution in [2.24, 2.45) is 17.8 Å². The minimum Gasteiger partial charge on any atom is -0.490 e. The van der Waals surface area contributed by atoms with Crippen LogP contribution in [0.15, 0.2) is 6.07 Å². The molecule has 2 aromatic rings. The molecule has 0 saturated heterocycles. The molecule has 0 aromatic heterocycles. The molecule has 1 aliphatic carbocycles. The van der Waals surface area contributed by atoms with Crippen LogP contribution in [-0.4, -0.2) is 47.8 Å². The Bertz CT molecular complexity index is 1610. The lowest BCUT2D eigenvalue weighted by Gasteiger charge is -2.39. The first-order chi connectivity index (χ1) is 22.8. The number of alkyl halides is 3. The maximum absolute atomic E-state index is 15.9. The largest absolute Gasteiger partial charge is 0.490 e. The van der Waals surface area contributed by atoms with Crippen molar-refractivity contribution in [3.8, 4) is 16.9 Å². The molecule has 2 heterocycles. The number of halogens is 4. The van der Waals surface area contributed by atoms with Gasteiger partial charge in [-0.3, -0.25) is 4.79 Å². The first kappa shape index (κ1) is 37.1. The molecule has 49 heavy (non-hydrogen) atoms. The van der Waals surface area contributed by atoms with Gasteiger partial charge in [-0.05, 0) is 136 Å². The van der Waals surface area contributed by atoms with Crippen molar-refractivity contribution in [2.75, 3.05) is 13.2 Å². The van der Waals surface area contributed by atoms with Crippen LogP contribution >= 0.6 is 0 Å². The molecular weight excluding hydrogens is 638 g/mol. The predicted molar refractivity (Wildman–Crippen MR) is 180 cm³/mol. The average Bonchev–Trinajstić information content (AvgIpc) is 3.02. The van der Waals surface area contributed by atoms with Crippen LogP contribution in [-0.2, 0) is 38.4 Å². The van der Waals surface area contributed by atoms with E-state index in [1.54, 1.807) is 6.92 Å². The van der Waals surface area contributed by atoms with Crippen molar-refractivity contribution >= 4 is 11.9 Å². The molecule has 1 amide bonds. The Balaban J connectivity index is 1.74. The highest BCUT2D eigenvalue weighted by atomic mass is 19.4. The number of ether oxygens (including phenoxy) is 3. The van der Waals surface area contributed by atoms with Crippen LogP contribution in [0.1, 0.15) is 112 Å². The summed E-state index contributed by atoms with van der Waals surface area (Å²) in [4.78, 5) is 27.8. The average molecular weight is 690 g/mol. The molecular formula is C39H51F4NO5. The quantitative estimate of drug-likeness (QED) is 0.224. The first-order valence-electron chi connectivity index (χ1n) is 17.6. The van der Waals surface area contributed by atoms with Crippen molar-refractivity contribution in [1.82, 2.24) is 4.90 Å². The van der Waals surface area contributed by atoms with Gasteiger partial charge in [-0.25, -0.2) is 9.18 Å². The van der Waals surface area contributed by atoms with Crippen molar-refractivity contribution in [2.45, 2.75) is 131 Å². The number of hydrogen-bond donors (Lipinski definition) is 0. The second-order valence-electron chi connectivity index (χ2n) is 15.7. The van der Waals surface area contributed by atoms with Crippen LogP contribution in [0.2, 0.25) is 0 Å². The Labute approximate surface area is 287 Å². The van der Waals surface area contributed by atoms with E-state index in [4.69, 9.17) is 14.2 Å². The van der Waals surface area contributed by atoms with Crippen LogP contribution in [0.4, 0.5) is 17.6 Å². The van der Waals surface area contributed by atoms with Gasteiger partial charge in [0.1, 0.15) is 6.10 Å². The number of nitrogens with zero attached hydrogens (tertiary/aromatic N) is 1. The summed E-state index contributed by atoms with van der Waals surface area (Å²) >= 11 is 0. The molecule has 3 aliphatic rings. The smallest absolute Gasteiger partial charge is 0.471 e. The van der Waals surface area contributed by atoms with Crippen LogP contribution in [0.5, 0.6) is 5.75 Å². The van der Waals surface area contributed by atoms with Crippen molar-refractivity contribution in [3.05, 3.63) is 50.8 Å². The summed E-state index contributed by atoms with van der Waals surface area (Å²) in [6.45, 7) is 17.5. The second-order valence-corrected chi connectivity index (χ2v) is 15.7. The highest BCUT2D eigenvalue weighted by molar-refractivity contribution is 5.87. The Hall–Kier alpha value is -3.14. The fourth-order valence-corrected chi connectivity index (χ4v) is 8.21. The molecule has 10 heteroatoms. The normalized spacial score (nSPS) is 21.9. The third-order valence-corrected chi connectivity index (χ3v) is 10.7. The third-order valence-electron chi connectivity index (χ3n) is 10.7. The fourth-order valence-electron chi connectivity index (χ4n) is 8.21. The van der Waals surface area contributed by atoms with Gasteiger partial charge in [-0.2, -0.15) is 13.2 Å². The molecule has 2 aromatic carbocycles. The molecule has 270 valence electrons. The van der Waals surface area contributed by atoms with Gasteiger partial charge in [0.15, 0.2) is 17.7 Å².